The van der Waals surface area contributed by atoms with Crippen LogP contribution in [0.2, 0.25) is 0 Å². The average molecular weight is 342 g/mol. The van der Waals surface area contributed by atoms with Gasteiger partial charge in [-0.2, -0.15) is 0 Å². The number of fused-ring (bicyclic) bond motifs is 1. The second kappa shape index (κ2) is 6.00. The highest BCUT2D eigenvalue weighted by molar-refractivity contribution is 5.99. The predicted octanol–water partition coefficient (Wildman–Crippen LogP) is 2.94. The Kier molecular flexibility index (Phi) is 3.80. The molecule has 0 aliphatic carbocycles. The second-order valence-corrected chi connectivity index (χ2v) is 6.41. The van der Waals surface area contributed by atoms with Crippen molar-refractivity contribution in [1.82, 2.24) is 19.9 Å². The predicted molar refractivity (Wildman–Crippen MR) is 90.8 cm³/mol. The van der Waals surface area contributed by atoms with Crippen molar-refractivity contribution in [2.24, 2.45) is 0 Å². The first-order chi connectivity index (χ1) is 12.1. The lowest BCUT2D eigenvalue weighted by Gasteiger charge is -2.22. The molecular formula is C18H19FN4O2. The Labute approximate surface area is 144 Å². The number of benzene rings is 1. The number of hydrogen-bond donors (Lipinski definition) is 2. The van der Waals surface area contributed by atoms with E-state index < -0.39 is 0 Å². The summed E-state index contributed by atoms with van der Waals surface area (Å²) in [5.41, 5.74) is 1.86. The van der Waals surface area contributed by atoms with Gasteiger partial charge in [0.2, 0.25) is 0 Å². The van der Waals surface area contributed by atoms with Crippen molar-refractivity contribution in [3.63, 3.8) is 0 Å². The van der Waals surface area contributed by atoms with Gasteiger partial charge in [-0.25, -0.2) is 9.37 Å². The molecule has 130 valence electrons. The van der Waals surface area contributed by atoms with Crippen molar-refractivity contribution < 1.29 is 13.9 Å². The Bertz CT molecular complexity index is 919. The number of imidazole rings is 1. The minimum Gasteiger partial charge on any atom is -0.380 e. The fourth-order valence-electron chi connectivity index (χ4n) is 3.56. The zero-order valence-corrected chi connectivity index (χ0v) is 14.0. The van der Waals surface area contributed by atoms with Crippen LogP contribution in [0.15, 0.2) is 30.6 Å². The maximum absolute atomic E-state index is 13.6. The van der Waals surface area contributed by atoms with Gasteiger partial charge in [0.05, 0.1) is 12.1 Å². The molecule has 3 heterocycles. The quantitative estimate of drug-likeness (QED) is 0.768. The van der Waals surface area contributed by atoms with Crippen LogP contribution < -0.4 is 0 Å². The smallest absolute Gasteiger partial charge is 0.271 e. The number of nitrogens with one attached hydrogen (secondary N) is 2. The summed E-state index contributed by atoms with van der Waals surface area (Å²) in [5.74, 6) is 0.281. The average Bonchev–Trinajstić information content (AvgIpc) is 3.31. The minimum absolute atomic E-state index is 0.0393. The maximum Gasteiger partial charge on any atom is 0.271 e. The van der Waals surface area contributed by atoms with E-state index in [9.17, 15) is 9.18 Å². The molecule has 7 heteroatoms. The maximum atomic E-state index is 13.6. The van der Waals surface area contributed by atoms with Crippen LogP contribution in [0.4, 0.5) is 4.39 Å². The third-order valence-electron chi connectivity index (χ3n) is 4.83. The van der Waals surface area contributed by atoms with Gasteiger partial charge in [0.25, 0.3) is 5.91 Å². The molecule has 1 aromatic carbocycles. The lowest BCUT2D eigenvalue weighted by atomic mass is 10.1. The number of likely N-dealkylation sites (tertiary alicyclic amines) is 1. The molecule has 0 spiro atoms. The number of rotatable bonds is 3. The van der Waals surface area contributed by atoms with Gasteiger partial charge in [-0.15, -0.1) is 0 Å². The number of amides is 1. The number of methoxy groups -OCH3 is 1. The molecule has 2 atom stereocenters. The zero-order chi connectivity index (χ0) is 17.6. The number of carbonyl (C=O) groups excluding carboxylic acids is 1. The van der Waals surface area contributed by atoms with E-state index >= 15 is 0 Å². The summed E-state index contributed by atoms with van der Waals surface area (Å²) in [4.78, 5) is 25.3. The number of aryl methyl sites for hydroxylation is 1. The third kappa shape index (κ3) is 2.70. The van der Waals surface area contributed by atoms with Crippen LogP contribution in [0, 0.1) is 12.7 Å². The SMILES string of the molecule is CO[C@@H]1CC(c2ncc[nH]2)N(C(=O)c2cc3c(C)cc(F)cc3[nH]2)C1. The Morgan fingerprint density at radius 1 is 1.40 bits per heavy atom. The van der Waals surface area contributed by atoms with Gasteiger partial charge < -0.3 is 19.6 Å². The highest BCUT2D eigenvalue weighted by Crippen LogP contribution is 2.33. The topological polar surface area (TPSA) is 74.0 Å². The van der Waals surface area contributed by atoms with Gasteiger partial charge in [-0.1, -0.05) is 0 Å². The highest BCUT2D eigenvalue weighted by Gasteiger charge is 2.38. The zero-order valence-electron chi connectivity index (χ0n) is 14.0. The van der Waals surface area contributed by atoms with Crippen molar-refractivity contribution in [1.29, 1.82) is 0 Å². The number of aromatic nitrogens is 3. The largest absolute Gasteiger partial charge is 0.380 e. The summed E-state index contributed by atoms with van der Waals surface area (Å²) in [6.45, 7) is 2.32. The highest BCUT2D eigenvalue weighted by atomic mass is 19.1. The lowest BCUT2D eigenvalue weighted by molar-refractivity contribution is 0.0680. The first-order valence-corrected chi connectivity index (χ1v) is 8.18. The molecule has 6 nitrogen and oxygen atoms in total. The number of aromatic amines is 2. The molecule has 2 N–H and O–H groups in total. The van der Waals surface area contributed by atoms with Gasteiger partial charge in [0.1, 0.15) is 17.3 Å². The van der Waals surface area contributed by atoms with Crippen molar-refractivity contribution in [2.75, 3.05) is 13.7 Å². The molecule has 1 amide bonds. The van der Waals surface area contributed by atoms with Crippen LogP contribution in [0.1, 0.15) is 34.3 Å². The number of halogens is 1. The Balaban J connectivity index is 1.70. The van der Waals surface area contributed by atoms with Crippen molar-refractivity contribution in [2.45, 2.75) is 25.5 Å². The number of H-pyrrole nitrogens is 2. The van der Waals surface area contributed by atoms with Gasteiger partial charge in [0.15, 0.2) is 0 Å². The van der Waals surface area contributed by atoms with Gasteiger partial charge in [0, 0.05) is 43.4 Å². The first-order valence-electron chi connectivity index (χ1n) is 8.18. The Morgan fingerprint density at radius 2 is 2.24 bits per heavy atom. The standard InChI is InChI=1S/C18H19FN4O2/c1-10-5-11(19)6-14-13(10)8-15(22-14)18(24)23-9-12(25-2)7-16(23)17-20-3-4-21-17/h3-6,8,12,16,22H,7,9H2,1-2H3,(H,20,21)/t12-,16?/m1/s1. The number of hydrogen-bond acceptors (Lipinski definition) is 3. The first kappa shape index (κ1) is 15.8. The van der Waals surface area contributed by atoms with E-state index in [1.165, 1.54) is 12.1 Å². The third-order valence-corrected chi connectivity index (χ3v) is 4.83. The molecule has 0 bridgehead atoms. The van der Waals surface area contributed by atoms with Crippen LogP contribution in [-0.4, -0.2) is 45.5 Å². The summed E-state index contributed by atoms with van der Waals surface area (Å²) in [6, 6.07) is 4.49. The summed E-state index contributed by atoms with van der Waals surface area (Å²) in [6.07, 6.45) is 4.06. The molecule has 0 radical (unpaired) electrons. The fraction of sp³-hybridized carbons (Fsp3) is 0.333. The molecule has 25 heavy (non-hydrogen) atoms. The van der Waals surface area contributed by atoms with Crippen LogP contribution in [0.5, 0.6) is 0 Å². The molecule has 2 aromatic heterocycles. The number of carbonyl (C=O) groups is 1. The van der Waals surface area contributed by atoms with E-state index in [2.05, 4.69) is 15.0 Å². The molecule has 0 saturated carbocycles. The van der Waals surface area contributed by atoms with Crippen LogP contribution in [0.25, 0.3) is 10.9 Å². The lowest BCUT2D eigenvalue weighted by Crippen LogP contribution is -2.32. The Hall–Kier alpha value is -2.67. The Morgan fingerprint density at radius 3 is 2.96 bits per heavy atom. The van der Waals surface area contributed by atoms with Crippen LogP contribution >= 0.6 is 0 Å². The molecule has 1 aliphatic heterocycles. The van der Waals surface area contributed by atoms with Gasteiger partial charge in [-0.05, 0) is 30.7 Å². The van der Waals surface area contributed by atoms with E-state index in [0.717, 1.165) is 16.8 Å². The number of ether oxygens (including phenoxy) is 1. The van der Waals surface area contributed by atoms with Crippen molar-refractivity contribution in [3.8, 4) is 0 Å². The molecule has 1 unspecified atom stereocenters. The summed E-state index contributed by atoms with van der Waals surface area (Å²) < 4.78 is 19.1. The van der Waals surface area contributed by atoms with E-state index in [4.69, 9.17) is 4.74 Å². The van der Waals surface area contributed by atoms with Gasteiger partial charge in [-0.3, -0.25) is 4.79 Å². The fourth-order valence-corrected chi connectivity index (χ4v) is 3.56. The molecule has 1 saturated heterocycles. The van der Waals surface area contributed by atoms with Crippen molar-refractivity contribution in [3.05, 3.63) is 53.5 Å². The molecule has 1 aliphatic rings. The molecule has 3 aromatic rings. The van der Waals surface area contributed by atoms with Crippen LogP contribution in [0.3, 0.4) is 0 Å². The molecule has 1 fully saturated rings. The van der Waals surface area contributed by atoms with Gasteiger partial charge >= 0.3 is 0 Å². The van der Waals surface area contributed by atoms with Crippen LogP contribution in [-0.2, 0) is 4.74 Å². The van der Waals surface area contributed by atoms with E-state index in [1.54, 1.807) is 30.5 Å². The number of nitrogens with zero attached hydrogens (tertiary/aromatic N) is 2. The summed E-state index contributed by atoms with van der Waals surface area (Å²) >= 11 is 0. The summed E-state index contributed by atoms with van der Waals surface area (Å²) in [7, 11) is 1.65. The summed E-state index contributed by atoms with van der Waals surface area (Å²) in [5, 5.41) is 0.849. The molecular weight excluding hydrogens is 323 g/mol. The van der Waals surface area contributed by atoms with E-state index in [-0.39, 0.29) is 23.9 Å². The normalized spacial score (nSPS) is 20.5. The van der Waals surface area contributed by atoms with E-state index in [1.807, 2.05) is 6.92 Å². The molecule has 4 rings (SSSR count). The second-order valence-electron chi connectivity index (χ2n) is 6.41. The van der Waals surface area contributed by atoms with E-state index in [0.29, 0.717) is 24.2 Å². The van der Waals surface area contributed by atoms with Crippen molar-refractivity contribution >= 4 is 16.8 Å². The minimum atomic E-state index is -0.320. The monoisotopic (exact) mass is 342 g/mol.